The van der Waals surface area contributed by atoms with Crippen molar-refractivity contribution >= 4 is 15.9 Å². The molecule has 0 unspecified atom stereocenters. The minimum Gasteiger partial charge on any atom is -0.490 e. The summed E-state index contributed by atoms with van der Waals surface area (Å²) in [6.45, 7) is 2.46. The van der Waals surface area contributed by atoms with Crippen LogP contribution in [0.3, 0.4) is 0 Å². The first-order valence-corrected chi connectivity index (χ1v) is 6.76. The van der Waals surface area contributed by atoms with E-state index >= 15 is 0 Å². The van der Waals surface area contributed by atoms with Crippen molar-refractivity contribution in [1.82, 2.24) is 5.32 Å². The first-order chi connectivity index (χ1) is 8.29. The zero-order chi connectivity index (χ0) is 12.1. The Morgan fingerprint density at radius 2 is 2.18 bits per heavy atom. The van der Waals surface area contributed by atoms with Crippen LogP contribution in [0.2, 0.25) is 0 Å². The van der Waals surface area contributed by atoms with Crippen molar-refractivity contribution in [3.8, 4) is 5.75 Å². The van der Waals surface area contributed by atoms with Gasteiger partial charge in [-0.05, 0) is 30.8 Å². The Morgan fingerprint density at radius 1 is 1.41 bits per heavy atom. The van der Waals surface area contributed by atoms with E-state index in [9.17, 15) is 0 Å². The molecular formula is C13H18BrNO2. The third-order valence-electron chi connectivity index (χ3n) is 2.86. The van der Waals surface area contributed by atoms with E-state index in [-0.39, 0.29) is 0 Å². The van der Waals surface area contributed by atoms with Gasteiger partial charge in [0.25, 0.3) is 0 Å². The second-order valence-electron chi connectivity index (χ2n) is 4.21. The molecule has 1 fully saturated rings. The molecule has 0 aliphatic carbocycles. The second-order valence-corrected chi connectivity index (χ2v) is 5.07. The van der Waals surface area contributed by atoms with Crippen LogP contribution < -0.4 is 10.1 Å². The second kappa shape index (κ2) is 6.38. The van der Waals surface area contributed by atoms with Crippen LogP contribution in [0.15, 0.2) is 22.7 Å². The van der Waals surface area contributed by atoms with Gasteiger partial charge in [0.15, 0.2) is 0 Å². The Hall–Kier alpha value is -0.580. The first kappa shape index (κ1) is 12.9. The van der Waals surface area contributed by atoms with E-state index in [0.717, 1.165) is 42.8 Å². The van der Waals surface area contributed by atoms with E-state index in [4.69, 9.17) is 9.47 Å². The van der Waals surface area contributed by atoms with Crippen molar-refractivity contribution in [2.75, 3.05) is 20.3 Å². The van der Waals surface area contributed by atoms with Crippen molar-refractivity contribution in [3.63, 3.8) is 0 Å². The first-order valence-electron chi connectivity index (χ1n) is 5.97. The zero-order valence-corrected chi connectivity index (χ0v) is 11.6. The minimum absolute atomic E-state index is 0.298. The predicted octanol–water partition coefficient (Wildman–Crippen LogP) is 2.73. The molecule has 1 heterocycles. The number of halogens is 1. The molecule has 1 saturated heterocycles. The van der Waals surface area contributed by atoms with Gasteiger partial charge in [0.1, 0.15) is 11.9 Å². The molecule has 3 nitrogen and oxygen atoms in total. The maximum atomic E-state index is 5.97. The molecule has 1 aromatic carbocycles. The molecule has 0 spiro atoms. The van der Waals surface area contributed by atoms with Gasteiger partial charge in [0.2, 0.25) is 0 Å². The summed E-state index contributed by atoms with van der Waals surface area (Å²) in [5.41, 5.74) is 1.22. The molecule has 17 heavy (non-hydrogen) atoms. The normalized spacial score (nSPS) is 17.1. The van der Waals surface area contributed by atoms with Crippen LogP contribution >= 0.6 is 15.9 Å². The monoisotopic (exact) mass is 299 g/mol. The van der Waals surface area contributed by atoms with Crippen LogP contribution in [-0.2, 0) is 11.3 Å². The van der Waals surface area contributed by atoms with Crippen LogP contribution in [0.25, 0.3) is 0 Å². The molecule has 94 valence electrons. The number of nitrogens with one attached hydrogen (secondary N) is 1. The number of benzene rings is 1. The molecule has 4 heteroatoms. The van der Waals surface area contributed by atoms with Gasteiger partial charge in [-0.15, -0.1) is 0 Å². The zero-order valence-electron chi connectivity index (χ0n) is 10.0. The maximum absolute atomic E-state index is 5.97. The minimum atomic E-state index is 0.298. The van der Waals surface area contributed by atoms with Crippen LogP contribution in [0.1, 0.15) is 18.4 Å². The molecule has 0 radical (unpaired) electrons. The summed E-state index contributed by atoms with van der Waals surface area (Å²) in [6, 6.07) is 6.15. The van der Waals surface area contributed by atoms with Crippen LogP contribution in [0, 0.1) is 0 Å². The van der Waals surface area contributed by atoms with Crippen molar-refractivity contribution in [3.05, 3.63) is 28.2 Å². The van der Waals surface area contributed by atoms with Crippen molar-refractivity contribution in [2.45, 2.75) is 25.5 Å². The quantitative estimate of drug-likeness (QED) is 0.927. The Bertz CT molecular complexity index is 364. The standard InChI is InChI=1S/C13H18BrNO2/c1-15-9-10-8-12(2-3-13(10)14)17-11-4-6-16-7-5-11/h2-3,8,11,15H,4-7,9H2,1H3. The SMILES string of the molecule is CNCc1cc(OC2CCOCC2)ccc1Br. The number of rotatable bonds is 4. The Labute approximate surface area is 111 Å². The average molecular weight is 300 g/mol. The number of hydrogen-bond donors (Lipinski definition) is 1. The van der Waals surface area contributed by atoms with Gasteiger partial charge in [-0.3, -0.25) is 0 Å². The van der Waals surface area contributed by atoms with E-state index in [1.807, 2.05) is 19.2 Å². The fourth-order valence-corrected chi connectivity index (χ4v) is 2.32. The summed E-state index contributed by atoms with van der Waals surface area (Å²) in [6.07, 6.45) is 2.27. The number of hydrogen-bond acceptors (Lipinski definition) is 3. The van der Waals surface area contributed by atoms with Gasteiger partial charge < -0.3 is 14.8 Å². The van der Waals surface area contributed by atoms with Crippen molar-refractivity contribution in [1.29, 1.82) is 0 Å². The Balaban J connectivity index is 2.02. The molecular weight excluding hydrogens is 282 g/mol. The molecule has 1 aromatic rings. The van der Waals surface area contributed by atoms with Gasteiger partial charge in [-0.1, -0.05) is 15.9 Å². The summed E-state index contributed by atoms with van der Waals surface area (Å²) >= 11 is 3.54. The third-order valence-corrected chi connectivity index (χ3v) is 3.63. The van der Waals surface area contributed by atoms with Gasteiger partial charge in [0.05, 0.1) is 13.2 Å². The van der Waals surface area contributed by atoms with Gasteiger partial charge in [-0.25, -0.2) is 0 Å². The Kier molecular flexibility index (Phi) is 4.83. The van der Waals surface area contributed by atoms with Crippen LogP contribution in [-0.4, -0.2) is 26.4 Å². The highest BCUT2D eigenvalue weighted by molar-refractivity contribution is 9.10. The fourth-order valence-electron chi connectivity index (χ4n) is 1.94. The summed E-state index contributed by atoms with van der Waals surface area (Å²) in [4.78, 5) is 0. The number of ether oxygens (including phenoxy) is 2. The highest BCUT2D eigenvalue weighted by Gasteiger charge is 2.15. The third kappa shape index (κ3) is 3.69. The van der Waals surface area contributed by atoms with Gasteiger partial charge in [-0.2, -0.15) is 0 Å². The topological polar surface area (TPSA) is 30.5 Å². The van der Waals surface area contributed by atoms with E-state index < -0.39 is 0 Å². The molecule has 1 aliphatic rings. The fraction of sp³-hybridized carbons (Fsp3) is 0.538. The highest BCUT2D eigenvalue weighted by atomic mass is 79.9. The van der Waals surface area contributed by atoms with E-state index in [2.05, 4.69) is 27.3 Å². The Morgan fingerprint density at radius 3 is 2.88 bits per heavy atom. The van der Waals surface area contributed by atoms with Crippen molar-refractivity contribution < 1.29 is 9.47 Å². The van der Waals surface area contributed by atoms with Crippen LogP contribution in [0.5, 0.6) is 5.75 Å². The lowest BCUT2D eigenvalue weighted by Gasteiger charge is -2.23. The van der Waals surface area contributed by atoms with Gasteiger partial charge in [0, 0.05) is 23.9 Å². The predicted molar refractivity (Wildman–Crippen MR) is 71.4 cm³/mol. The molecule has 0 atom stereocenters. The summed E-state index contributed by atoms with van der Waals surface area (Å²) in [5.74, 6) is 0.949. The highest BCUT2D eigenvalue weighted by Crippen LogP contribution is 2.24. The van der Waals surface area contributed by atoms with E-state index in [1.165, 1.54) is 5.56 Å². The van der Waals surface area contributed by atoms with Gasteiger partial charge >= 0.3 is 0 Å². The lowest BCUT2D eigenvalue weighted by Crippen LogP contribution is -2.25. The molecule has 0 saturated carbocycles. The molecule has 1 aliphatic heterocycles. The molecule has 1 N–H and O–H groups in total. The van der Waals surface area contributed by atoms with E-state index in [0.29, 0.717) is 6.10 Å². The molecule has 0 amide bonds. The lowest BCUT2D eigenvalue weighted by molar-refractivity contribution is 0.0255. The summed E-state index contributed by atoms with van der Waals surface area (Å²) in [7, 11) is 1.94. The van der Waals surface area contributed by atoms with Crippen LogP contribution in [0.4, 0.5) is 0 Å². The average Bonchev–Trinajstić information content (AvgIpc) is 2.35. The largest absolute Gasteiger partial charge is 0.490 e. The van der Waals surface area contributed by atoms with Crippen molar-refractivity contribution in [2.24, 2.45) is 0 Å². The lowest BCUT2D eigenvalue weighted by atomic mass is 10.1. The molecule has 0 aromatic heterocycles. The molecule has 2 rings (SSSR count). The summed E-state index contributed by atoms with van der Waals surface area (Å²) < 4.78 is 12.4. The van der Waals surface area contributed by atoms with E-state index in [1.54, 1.807) is 0 Å². The summed E-state index contributed by atoms with van der Waals surface area (Å²) in [5, 5.41) is 3.15. The smallest absolute Gasteiger partial charge is 0.120 e. The maximum Gasteiger partial charge on any atom is 0.120 e. The molecule has 0 bridgehead atoms.